The van der Waals surface area contributed by atoms with Crippen LogP contribution in [0.15, 0.2) is 54.6 Å². The highest BCUT2D eigenvalue weighted by atomic mass is 15.2. The van der Waals surface area contributed by atoms with Crippen LogP contribution in [0.5, 0.6) is 0 Å². The lowest BCUT2D eigenvalue weighted by Crippen LogP contribution is -2.30. The van der Waals surface area contributed by atoms with Gasteiger partial charge in [-0.25, -0.2) is 0 Å². The fourth-order valence-electron chi connectivity index (χ4n) is 2.82. The molecule has 1 radical (unpaired) electrons. The van der Waals surface area contributed by atoms with Crippen LogP contribution in [0.2, 0.25) is 0 Å². The molecule has 2 aromatic carbocycles. The fourth-order valence-corrected chi connectivity index (χ4v) is 2.82. The van der Waals surface area contributed by atoms with E-state index >= 15 is 0 Å². The molecule has 1 saturated heterocycles. The molecule has 2 nitrogen and oxygen atoms in total. The molecule has 0 aromatic heterocycles. The van der Waals surface area contributed by atoms with Gasteiger partial charge in [0.05, 0.1) is 0 Å². The van der Waals surface area contributed by atoms with Crippen LogP contribution in [-0.4, -0.2) is 31.1 Å². The standard InChI is InChI=1S/C18H21N2/c1-3-8-17(9-4-1)16-19-12-7-13-20(15-14-19)18-10-5-2-6-11-18/h1,3-6,8-11H,7,12-16H2. The Balaban J connectivity index is 1.60. The summed E-state index contributed by atoms with van der Waals surface area (Å²) in [6.07, 6.45) is 1.23. The van der Waals surface area contributed by atoms with E-state index in [2.05, 4.69) is 58.3 Å². The van der Waals surface area contributed by atoms with Gasteiger partial charge in [0, 0.05) is 38.4 Å². The minimum absolute atomic E-state index is 1.07. The number of nitrogens with zero attached hydrogens (tertiary/aromatic N) is 2. The van der Waals surface area contributed by atoms with Gasteiger partial charge in [0.2, 0.25) is 0 Å². The maximum atomic E-state index is 3.09. The molecular formula is C18H21N2. The number of benzene rings is 2. The summed E-state index contributed by atoms with van der Waals surface area (Å²) in [7, 11) is 0. The van der Waals surface area contributed by atoms with Gasteiger partial charge in [-0.15, -0.1) is 0 Å². The minimum Gasteiger partial charge on any atom is -0.370 e. The van der Waals surface area contributed by atoms with E-state index in [1.165, 1.54) is 24.2 Å². The van der Waals surface area contributed by atoms with E-state index in [1.807, 2.05) is 12.1 Å². The Morgan fingerprint density at radius 1 is 0.850 bits per heavy atom. The van der Waals surface area contributed by atoms with Crippen molar-refractivity contribution in [1.82, 2.24) is 4.90 Å². The molecule has 2 aromatic rings. The summed E-state index contributed by atoms with van der Waals surface area (Å²) < 4.78 is 0. The topological polar surface area (TPSA) is 6.48 Å². The van der Waals surface area contributed by atoms with Gasteiger partial charge in [-0.1, -0.05) is 42.5 Å². The molecule has 2 heteroatoms. The Morgan fingerprint density at radius 3 is 2.45 bits per heavy atom. The maximum Gasteiger partial charge on any atom is 0.0367 e. The quantitative estimate of drug-likeness (QED) is 0.841. The van der Waals surface area contributed by atoms with Gasteiger partial charge < -0.3 is 4.90 Å². The van der Waals surface area contributed by atoms with Gasteiger partial charge in [0.1, 0.15) is 0 Å². The highest BCUT2D eigenvalue weighted by Gasteiger charge is 2.14. The van der Waals surface area contributed by atoms with Crippen LogP contribution in [0.3, 0.4) is 0 Å². The van der Waals surface area contributed by atoms with Gasteiger partial charge in [-0.05, 0) is 30.2 Å². The molecule has 0 N–H and O–H groups in total. The molecule has 3 rings (SSSR count). The first-order chi connectivity index (χ1) is 9.92. The minimum atomic E-state index is 1.07. The van der Waals surface area contributed by atoms with Crippen molar-refractivity contribution in [3.63, 3.8) is 0 Å². The first kappa shape index (κ1) is 13.2. The van der Waals surface area contributed by atoms with Crippen LogP contribution in [0.4, 0.5) is 5.69 Å². The Hall–Kier alpha value is -1.80. The first-order valence-corrected chi connectivity index (χ1v) is 7.39. The molecular weight excluding hydrogens is 244 g/mol. The summed E-state index contributed by atoms with van der Waals surface area (Å²) in [5.74, 6) is 0. The zero-order chi connectivity index (χ0) is 13.6. The molecule has 1 aliphatic rings. The molecule has 1 aliphatic heterocycles. The van der Waals surface area contributed by atoms with Crippen molar-refractivity contribution in [2.75, 3.05) is 31.1 Å². The van der Waals surface area contributed by atoms with Crippen molar-refractivity contribution in [3.8, 4) is 0 Å². The third-order valence-electron chi connectivity index (χ3n) is 3.90. The van der Waals surface area contributed by atoms with Crippen LogP contribution in [0.1, 0.15) is 12.0 Å². The van der Waals surface area contributed by atoms with Crippen molar-refractivity contribution < 1.29 is 0 Å². The molecule has 0 atom stereocenters. The second kappa shape index (κ2) is 6.58. The van der Waals surface area contributed by atoms with Crippen molar-refractivity contribution in [2.45, 2.75) is 13.0 Å². The van der Waals surface area contributed by atoms with E-state index in [1.54, 1.807) is 0 Å². The summed E-state index contributed by atoms with van der Waals surface area (Å²) in [4.78, 5) is 5.04. The molecule has 0 bridgehead atoms. The van der Waals surface area contributed by atoms with Crippen LogP contribution in [0, 0.1) is 6.07 Å². The molecule has 1 heterocycles. The van der Waals surface area contributed by atoms with Crippen LogP contribution >= 0.6 is 0 Å². The van der Waals surface area contributed by atoms with E-state index in [4.69, 9.17) is 0 Å². The molecule has 0 amide bonds. The van der Waals surface area contributed by atoms with Gasteiger partial charge in [-0.2, -0.15) is 0 Å². The lowest BCUT2D eigenvalue weighted by atomic mass is 10.2. The van der Waals surface area contributed by atoms with Crippen LogP contribution < -0.4 is 4.90 Å². The van der Waals surface area contributed by atoms with Crippen LogP contribution in [0.25, 0.3) is 0 Å². The Kier molecular flexibility index (Phi) is 4.34. The highest BCUT2D eigenvalue weighted by Crippen LogP contribution is 2.16. The Morgan fingerprint density at radius 2 is 1.65 bits per heavy atom. The predicted molar refractivity (Wildman–Crippen MR) is 83.8 cm³/mol. The smallest absolute Gasteiger partial charge is 0.0367 e. The predicted octanol–water partition coefficient (Wildman–Crippen LogP) is 3.20. The van der Waals surface area contributed by atoms with E-state index in [-0.39, 0.29) is 0 Å². The fraction of sp³-hybridized carbons (Fsp3) is 0.333. The second-order valence-corrected chi connectivity index (χ2v) is 5.36. The van der Waals surface area contributed by atoms with Gasteiger partial charge in [0.25, 0.3) is 0 Å². The van der Waals surface area contributed by atoms with Gasteiger partial charge in [-0.3, -0.25) is 4.90 Å². The molecule has 1 fully saturated rings. The van der Waals surface area contributed by atoms with E-state index in [9.17, 15) is 0 Å². The molecule has 0 aliphatic carbocycles. The third kappa shape index (κ3) is 3.40. The maximum absolute atomic E-state index is 3.09. The van der Waals surface area contributed by atoms with Gasteiger partial charge >= 0.3 is 0 Å². The summed E-state index contributed by atoms with van der Waals surface area (Å²) in [6, 6.07) is 22.2. The summed E-state index contributed by atoms with van der Waals surface area (Å²) in [5, 5.41) is 0. The number of anilines is 1. The Labute approximate surface area is 121 Å². The average Bonchev–Trinajstić information content (AvgIpc) is 2.75. The van der Waals surface area contributed by atoms with Crippen molar-refractivity contribution in [1.29, 1.82) is 0 Å². The summed E-state index contributed by atoms with van der Waals surface area (Å²) in [6.45, 7) is 5.64. The largest absolute Gasteiger partial charge is 0.370 e. The third-order valence-corrected chi connectivity index (χ3v) is 3.90. The van der Waals surface area contributed by atoms with E-state index in [0.717, 1.165) is 26.2 Å². The molecule has 0 spiro atoms. The van der Waals surface area contributed by atoms with Crippen molar-refractivity contribution in [3.05, 3.63) is 66.2 Å². The summed E-state index contributed by atoms with van der Waals surface area (Å²) in [5.41, 5.74) is 2.74. The lowest BCUT2D eigenvalue weighted by molar-refractivity contribution is 0.285. The van der Waals surface area contributed by atoms with E-state index < -0.39 is 0 Å². The average molecular weight is 265 g/mol. The zero-order valence-corrected chi connectivity index (χ0v) is 11.8. The number of rotatable bonds is 3. The van der Waals surface area contributed by atoms with Crippen molar-refractivity contribution >= 4 is 5.69 Å². The first-order valence-electron chi connectivity index (χ1n) is 7.39. The highest BCUT2D eigenvalue weighted by molar-refractivity contribution is 5.45. The molecule has 0 saturated carbocycles. The normalized spacial score (nSPS) is 16.9. The molecule has 20 heavy (non-hydrogen) atoms. The van der Waals surface area contributed by atoms with Crippen LogP contribution in [-0.2, 0) is 6.54 Å². The SMILES string of the molecule is [c]1ccc(N2CCCN(Cc3ccccc3)CC2)cc1. The summed E-state index contributed by atoms with van der Waals surface area (Å²) >= 11 is 0. The zero-order valence-electron chi connectivity index (χ0n) is 11.8. The number of hydrogen-bond acceptors (Lipinski definition) is 2. The molecule has 0 unspecified atom stereocenters. The van der Waals surface area contributed by atoms with Gasteiger partial charge in [0.15, 0.2) is 0 Å². The van der Waals surface area contributed by atoms with Crippen molar-refractivity contribution in [2.24, 2.45) is 0 Å². The Bertz CT molecular complexity index is 509. The lowest BCUT2D eigenvalue weighted by Gasteiger charge is -2.23. The second-order valence-electron chi connectivity index (χ2n) is 5.36. The molecule has 103 valence electrons. The van der Waals surface area contributed by atoms with E-state index in [0.29, 0.717) is 0 Å². The monoisotopic (exact) mass is 265 g/mol. The number of hydrogen-bond donors (Lipinski definition) is 0.